The summed E-state index contributed by atoms with van der Waals surface area (Å²) in [5, 5.41) is 12.9. The molecule has 0 bridgehead atoms. The lowest BCUT2D eigenvalue weighted by atomic mass is 10.1. The van der Waals surface area contributed by atoms with Crippen molar-refractivity contribution in [3.05, 3.63) is 66.0 Å². The van der Waals surface area contributed by atoms with Crippen molar-refractivity contribution in [2.75, 3.05) is 13.1 Å². The maximum absolute atomic E-state index is 13.2. The van der Waals surface area contributed by atoms with Gasteiger partial charge in [-0.1, -0.05) is 43.7 Å². The van der Waals surface area contributed by atoms with Gasteiger partial charge in [-0.05, 0) is 42.8 Å². The molecule has 0 fully saturated rings. The van der Waals surface area contributed by atoms with Gasteiger partial charge in [-0.2, -0.15) is 4.80 Å². The largest absolute Gasteiger partial charge is 0.337 e. The number of halogens is 1. The third kappa shape index (κ3) is 4.60. The first-order chi connectivity index (χ1) is 13.6. The fourth-order valence-electron chi connectivity index (χ4n) is 3.08. The van der Waals surface area contributed by atoms with Crippen molar-refractivity contribution in [3.63, 3.8) is 0 Å². The van der Waals surface area contributed by atoms with Gasteiger partial charge in [-0.25, -0.2) is 4.39 Å². The maximum Gasteiger partial charge on any atom is 0.253 e. The van der Waals surface area contributed by atoms with E-state index in [0.29, 0.717) is 24.5 Å². The second-order valence-electron chi connectivity index (χ2n) is 6.59. The molecule has 0 saturated carbocycles. The molecule has 6 nitrogen and oxygen atoms in total. The van der Waals surface area contributed by atoms with Crippen LogP contribution in [0.3, 0.4) is 0 Å². The minimum atomic E-state index is -0.358. The standard InChI is InChI=1S/C21H24FN5O/c1-3-8-19(27-24-20(23-25-27)16-9-6-5-7-10-16)15-26(4-2)21(28)17-11-13-18(22)14-12-17/h5-7,9-14,19H,3-4,8,15H2,1-2H3. The second-order valence-corrected chi connectivity index (χ2v) is 6.59. The third-order valence-corrected chi connectivity index (χ3v) is 4.60. The Morgan fingerprint density at radius 2 is 1.82 bits per heavy atom. The van der Waals surface area contributed by atoms with Crippen LogP contribution in [0.25, 0.3) is 11.4 Å². The van der Waals surface area contributed by atoms with Gasteiger partial charge in [0.1, 0.15) is 5.82 Å². The van der Waals surface area contributed by atoms with E-state index in [9.17, 15) is 9.18 Å². The smallest absolute Gasteiger partial charge is 0.253 e. The number of carbonyl (C=O) groups is 1. The van der Waals surface area contributed by atoms with Crippen LogP contribution in [0.4, 0.5) is 4.39 Å². The Labute approximate surface area is 164 Å². The highest BCUT2D eigenvalue weighted by Crippen LogP contribution is 2.18. The number of rotatable bonds is 8. The molecule has 0 N–H and O–H groups in total. The van der Waals surface area contributed by atoms with E-state index >= 15 is 0 Å². The summed E-state index contributed by atoms with van der Waals surface area (Å²) in [5.74, 6) is 0.0744. The molecule has 3 rings (SSSR count). The molecule has 0 radical (unpaired) electrons. The summed E-state index contributed by atoms with van der Waals surface area (Å²) in [6.07, 6.45) is 1.74. The highest BCUT2D eigenvalue weighted by molar-refractivity contribution is 5.94. The Hall–Kier alpha value is -3.09. The van der Waals surface area contributed by atoms with Crippen molar-refractivity contribution in [1.29, 1.82) is 0 Å². The Kier molecular flexibility index (Phi) is 6.47. The van der Waals surface area contributed by atoms with Gasteiger partial charge in [0.25, 0.3) is 5.91 Å². The predicted molar refractivity (Wildman–Crippen MR) is 105 cm³/mol. The molecule has 0 aliphatic heterocycles. The van der Waals surface area contributed by atoms with Crippen LogP contribution in [0, 0.1) is 5.82 Å². The Balaban J connectivity index is 1.78. The number of aromatic nitrogens is 4. The van der Waals surface area contributed by atoms with Crippen LogP contribution in [0.15, 0.2) is 54.6 Å². The number of carbonyl (C=O) groups excluding carboxylic acids is 1. The molecule has 2 aromatic carbocycles. The molecule has 1 amide bonds. The van der Waals surface area contributed by atoms with Crippen LogP contribution in [0.2, 0.25) is 0 Å². The number of tetrazole rings is 1. The molecule has 0 aliphatic rings. The summed E-state index contributed by atoms with van der Waals surface area (Å²) >= 11 is 0. The number of nitrogens with zero attached hydrogens (tertiary/aromatic N) is 5. The number of hydrogen-bond donors (Lipinski definition) is 0. The van der Waals surface area contributed by atoms with E-state index in [1.165, 1.54) is 24.3 Å². The molecule has 0 aliphatic carbocycles. The van der Waals surface area contributed by atoms with E-state index in [1.54, 1.807) is 9.70 Å². The summed E-state index contributed by atoms with van der Waals surface area (Å²) in [4.78, 5) is 16.2. The first-order valence-corrected chi connectivity index (χ1v) is 9.52. The van der Waals surface area contributed by atoms with Gasteiger partial charge < -0.3 is 4.90 Å². The van der Waals surface area contributed by atoms with Gasteiger partial charge in [0.05, 0.1) is 6.04 Å². The fourth-order valence-corrected chi connectivity index (χ4v) is 3.08. The van der Waals surface area contributed by atoms with E-state index < -0.39 is 0 Å². The predicted octanol–water partition coefficient (Wildman–Crippen LogP) is 3.98. The quantitative estimate of drug-likeness (QED) is 0.592. The second kappa shape index (κ2) is 9.21. The van der Waals surface area contributed by atoms with Crippen LogP contribution in [0.5, 0.6) is 0 Å². The number of hydrogen-bond acceptors (Lipinski definition) is 4. The van der Waals surface area contributed by atoms with Crippen molar-refractivity contribution in [3.8, 4) is 11.4 Å². The van der Waals surface area contributed by atoms with Crippen LogP contribution in [-0.2, 0) is 0 Å². The molecule has 146 valence electrons. The Morgan fingerprint density at radius 3 is 2.46 bits per heavy atom. The third-order valence-electron chi connectivity index (χ3n) is 4.60. The number of likely N-dealkylation sites (N-methyl/N-ethyl adjacent to an activating group) is 1. The van der Waals surface area contributed by atoms with Crippen LogP contribution >= 0.6 is 0 Å². The zero-order chi connectivity index (χ0) is 19.9. The average Bonchev–Trinajstić information content (AvgIpc) is 3.22. The normalized spacial score (nSPS) is 12.0. The van der Waals surface area contributed by atoms with Gasteiger partial charge in [0.15, 0.2) is 0 Å². The monoisotopic (exact) mass is 381 g/mol. The summed E-state index contributed by atoms with van der Waals surface area (Å²) in [6.45, 7) is 5.01. The summed E-state index contributed by atoms with van der Waals surface area (Å²) in [7, 11) is 0. The molecule has 1 atom stereocenters. The first-order valence-electron chi connectivity index (χ1n) is 9.52. The van der Waals surface area contributed by atoms with Gasteiger partial charge in [-0.3, -0.25) is 4.79 Å². The van der Waals surface area contributed by atoms with Gasteiger partial charge in [0, 0.05) is 24.2 Å². The summed E-state index contributed by atoms with van der Waals surface area (Å²) in [6, 6.07) is 15.2. The van der Waals surface area contributed by atoms with Crippen LogP contribution < -0.4 is 0 Å². The van der Waals surface area contributed by atoms with Crippen LogP contribution in [0.1, 0.15) is 43.1 Å². The van der Waals surface area contributed by atoms with E-state index in [0.717, 1.165) is 18.4 Å². The highest BCUT2D eigenvalue weighted by atomic mass is 19.1. The van der Waals surface area contributed by atoms with E-state index in [2.05, 4.69) is 22.3 Å². The molecule has 1 unspecified atom stereocenters. The zero-order valence-electron chi connectivity index (χ0n) is 16.1. The van der Waals surface area contributed by atoms with E-state index in [1.807, 2.05) is 37.3 Å². The minimum Gasteiger partial charge on any atom is -0.337 e. The lowest BCUT2D eigenvalue weighted by Gasteiger charge is -2.26. The minimum absolute atomic E-state index is 0.0840. The SMILES string of the molecule is CCCC(CN(CC)C(=O)c1ccc(F)cc1)n1nnc(-c2ccccc2)n1. The summed E-state index contributed by atoms with van der Waals surface area (Å²) in [5.41, 5.74) is 1.37. The summed E-state index contributed by atoms with van der Waals surface area (Å²) < 4.78 is 13.2. The molecular formula is C21H24FN5O. The zero-order valence-corrected chi connectivity index (χ0v) is 16.1. The van der Waals surface area contributed by atoms with Crippen molar-refractivity contribution >= 4 is 5.91 Å². The average molecular weight is 381 g/mol. The van der Waals surface area contributed by atoms with Gasteiger partial charge in [0.2, 0.25) is 5.82 Å². The van der Waals surface area contributed by atoms with Crippen LogP contribution in [-0.4, -0.2) is 44.1 Å². The lowest BCUT2D eigenvalue weighted by Crippen LogP contribution is -2.36. The molecule has 0 spiro atoms. The molecule has 0 saturated heterocycles. The van der Waals surface area contributed by atoms with Gasteiger partial charge in [-0.15, -0.1) is 10.2 Å². The van der Waals surface area contributed by atoms with Crippen molar-refractivity contribution < 1.29 is 9.18 Å². The first kappa shape index (κ1) is 19.7. The molecule has 3 aromatic rings. The maximum atomic E-state index is 13.2. The number of benzene rings is 2. The molecule has 28 heavy (non-hydrogen) atoms. The Morgan fingerprint density at radius 1 is 1.11 bits per heavy atom. The van der Waals surface area contributed by atoms with E-state index in [-0.39, 0.29) is 17.8 Å². The topological polar surface area (TPSA) is 63.9 Å². The molecular weight excluding hydrogens is 357 g/mol. The number of amides is 1. The lowest BCUT2D eigenvalue weighted by molar-refractivity contribution is 0.0728. The molecule has 1 aromatic heterocycles. The van der Waals surface area contributed by atoms with Gasteiger partial charge >= 0.3 is 0 Å². The highest BCUT2D eigenvalue weighted by Gasteiger charge is 2.22. The van der Waals surface area contributed by atoms with Crippen molar-refractivity contribution in [2.24, 2.45) is 0 Å². The molecule has 1 heterocycles. The van der Waals surface area contributed by atoms with E-state index in [4.69, 9.17) is 0 Å². The van der Waals surface area contributed by atoms with Crippen molar-refractivity contribution in [2.45, 2.75) is 32.7 Å². The Bertz CT molecular complexity index is 895. The molecule has 7 heteroatoms. The van der Waals surface area contributed by atoms with Crippen molar-refractivity contribution in [1.82, 2.24) is 25.1 Å². The fraction of sp³-hybridized carbons (Fsp3) is 0.333.